The average molecular weight is 304 g/mol. The molecule has 4 aliphatic carbocycles. The number of halogens is 2. The fraction of sp³-hybridized carbons (Fsp3) is 0.769. The first kappa shape index (κ1) is 11.8. The van der Waals surface area contributed by atoms with E-state index in [9.17, 15) is 4.79 Å². The molecular formula is C13H15Cl2NOS. The van der Waals surface area contributed by atoms with E-state index in [-0.39, 0.29) is 16.1 Å². The molecule has 4 aliphatic rings. The van der Waals surface area contributed by atoms with Gasteiger partial charge in [0.25, 0.3) is 5.56 Å². The Morgan fingerprint density at radius 2 is 1.56 bits per heavy atom. The summed E-state index contributed by atoms with van der Waals surface area (Å²) in [5.41, 5.74) is -0.0126. The predicted octanol–water partition coefficient (Wildman–Crippen LogP) is 4.14. The van der Waals surface area contributed by atoms with Crippen molar-refractivity contribution in [3.63, 3.8) is 0 Å². The van der Waals surface area contributed by atoms with Crippen LogP contribution >= 0.6 is 34.7 Å². The van der Waals surface area contributed by atoms with Crippen LogP contribution in [0.4, 0.5) is 0 Å². The first-order valence-electron chi connectivity index (χ1n) is 6.65. The van der Waals surface area contributed by atoms with Crippen molar-refractivity contribution in [1.29, 1.82) is 0 Å². The van der Waals surface area contributed by atoms with E-state index in [4.69, 9.17) is 23.2 Å². The Kier molecular flexibility index (Phi) is 2.47. The van der Waals surface area contributed by atoms with Gasteiger partial charge in [0.05, 0.1) is 5.54 Å². The molecule has 2 nitrogen and oxygen atoms in total. The highest BCUT2D eigenvalue weighted by atomic mass is 35.5. The molecule has 0 aromatic carbocycles. The molecule has 5 rings (SSSR count). The first-order chi connectivity index (χ1) is 8.57. The Labute approximate surface area is 120 Å². The number of aromatic nitrogens is 1. The van der Waals surface area contributed by atoms with Gasteiger partial charge in [-0.1, -0.05) is 23.2 Å². The van der Waals surface area contributed by atoms with Crippen LogP contribution in [0.1, 0.15) is 38.5 Å². The summed E-state index contributed by atoms with van der Waals surface area (Å²) >= 11 is 13.4. The van der Waals surface area contributed by atoms with E-state index in [1.807, 2.05) is 3.96 Å². The van der Waals surface area contributed by atoms with Crippen LogP contribution in [0.15, 0.2) is 4.79 Å². The van der Waals surface area contributed by atoms with Crippen molar-refractivity contribution in [2.45, 2.75) is 44.1 Å². The smallest absolute Gasteiger partial charge is 0.267 e. The zero-order valence-electron chi connectivity index (χ0n) is 9.99. The largest absolute Gasteiger partial charge is 0.281 e. The second-order valence-electron chi connectivity index (χ2n) is 6.42. The molecule has 18 heavy (non-hydrogen) atoms. The summed E-state index contributed by atoms with van der Waals surface area (Å²) in [7, 11) is 0. The lowest BCUT2D eigenvalue weighted by Crippen LogP contribution is -2.53. The Morgan fingerprint density at radius 1 is 1.06 bits per heavy atom. The van der Waals surface area contributed by atoms with Crippen molar-refractivity contribution < 1.29 is 0 Å². The van der Waals surface area contributed by atoms with Crippen molar-refractivity contribution in [1.82, 2.24) is 3.96 Å². The molecule has 0 amide bonds. The van der Waals surface area contributed by atoms with Gasteiger partial charge in [-0.05, 0) is 67.8 Å². The Bertz CT molecular complexity index is 527. The molecule has 4 fully saturated rings. The summed E-state index contributed by atoms with van der Waals surface area (Å²) in [6, 6.07) is 0. The Balaban J connectivity index is 1.84. The molecule has 4 bridgehead atoms. The van der Waals surface area contributed by atoms with Crippen LogP contribution in [0.25, 0.3) is 0 Å². The maximum Gasteiger partial charge on any atom is 0.281 e. The fourth-order valence-electron chi connectivity index (χ4n) is 4.96. The second-order valence-corrected chi connectivity index (χ2v) is 8.36. The van der Waals surface area contributed by atoms with Gasteiger partial charge in [0, 0.05) is 0 Å². The van der Waals surface area contributed by atoms with Crippen LogP contribution in [-0.4, -0.2) is 3.96 Å². The minimum absolute atomic E-state index is 0.0489. The van der Waals surface area contributed by atoms with Gasteiger partial charge in [0.15, 0.2) is 0 Å². The monoisotopic (exact) mass is 303 g/mol. The lowest BCUT2D eigenvalue weighted by atomic mass is 9.53. The molecule has 1 heterocycles. The van der Waals surface area contributed by atoms with E-state index < -0.39 is 0 Å². The van der Waals surface area contributed by atoms with E-state index in [1.54, 1.807) is 0 Å². The maximum atomic E-state index is 12.3. The van der Waals surface area contributed by atoms with E-state index in [2.05, 4.69) is 0 Å². The third-order valence-electron chi connectivity index (χ3n) is 5.15. The average Bonchev–Trinajstić information content (AvgIpc) is 2.56. The first-order valence-corrected chi connectivity index (χ1v) is 8.18. The topological polar surface area (TPSA) is 22.0 Å². The number of rotatable bonds is 1. The van der Waals surface area contributed by atoms with Crippen LogP contribution < -0.4 is 5.56 Å². The van der Waals surface area contributed by atoms with Crippen LogP contribution in [0, 0.1) is 17.8 Å². The lowest BCUT2D eigenvalue weighted by Gasteiger charge is -2.56. The number of nitrogens with zero attached hydrogens (tertiary/aromatic N) is 1. The number of hydrogen-bond donors (Lipinski definition) is 0. The molecular weight excluding hydrogens is 289 g/mol. The number of hydrogen-bond acceptors (Lipinski definition) is 2. The van der Waals surface area contributed by atoms with E-state index >= 15 is 0 Å². The zero-order valence-corrected chi connectivity index (χ0v) is 12.3. The zero-order chi connectivity index (χ0) is 12.5. The lowest BCUT2D eigenvalue weighted by molar-refractivity contribution is -0.0389. The minimum Gasteiger partial charge on any atom is -0.267 e. The van der Waals surface area contributed by atoms with Gasteiger partial charge in [-0.25, -0.2) is 0 Å². The molecule has 0 saturated heterocycles. The van der Waals surface area contributed by atoms with Crippen molar-refractivity contribution in [2.24, 2.45) is 17.8 Å². The Hall–Kier alpha value is 0.01000. The molecule has 1 aromatic rings. The van der Waals surface area contributed by atoms with E-state index in [1.165, 1.54) is 30.8 Å². The van der Waals surface area contributed by atoms with Crippen molar-refractivity contribution in [3.05, 3.63) is 19.7 Å². The maximum absolute atomic E-state index is 12.3. The third kappa shape index (κ3) is 1.50. The van der Waals surface area contributed by atoms with Crippen molar-refractivity contribution in [2.75, 3.05) is 0 Å². The second kappa shape index (κ2) is 3.77. The summed E-state index contributed by atoms with van der Waals surface area (Å²) < 4.78 is 2.37. The van der Waals surface area contributed by atoms with Gasteiger partial charge in [0.2, 0.25) is 0 Å². The summed E-state index contributed by atoms with van der Waals surface area (Å²) in [5, 5.41) is 0.220. The molecule has 5 heteroatoms. The van der Waals surface area contributed by atoms with Gasteiger partial charge in [-0.3, -0.25) is 8.75 Å². The molecule has 98 valence electrons. The molecule has 0 radical (unpaired) electrons. The van der Waals surface area contributed by atoms with Crippen LogP contribution in [0.5, 0.6) is 0 Å². The van der Waals surface area contributed by atoms with Crippen molar-refractivity contribution >= 4 is 34.7 Å². The van der Waals surface area contributed by atoms with Gasteiger partial charge >= 0.3 is 0 Å². The molecule has 0 aliphatic heterocycles. The highest BCUT2D eigenvalue weighted by Gasteiger charge is 2.53. The summed E-state index contributed by atoms with van der Waals surface area (Å²) in [6.45, 7) is 0. The Morgan fingerprint density at radius 3 is 1.94 bits per heavy atom. The molecule has 0 atom stereocenters. The highest BCUT2D eigenvalue weighted by molar-refractivity contribution is 7.12. The van der Waals surface area contributed by atoms with Gasteiger partial charge in [0.1, 0.15) is 9.36 Å². The van der Waals surface area contributed by atoms with Crippen LogP contribution in [-0.2, 0) is 5.54 Å². The molecule has 1 aromatic heterocycles. The molecule has 0 spiro atoms. The minimum atomic E-state index is -0.0615. The fourth-order valence-corrected chi connectivity index (χ4v) is 6.41. The molecule has 0 N–H and O–H groups in total. The van der Waals surface area contributed by atoms with Crippen LogP contribution in [0.2, 0.25) is 9.36 Å². The van der Waals surface area contributed by atoms with Crippen LogP contribution in [0.3, 0.4) is 0 Å². The van der Waals surface area contributed by atoms with Gasteiger partial charge < -0.3 is 0 Å². The van der Waals surface area contributed by atoms with Crippen molar-refractivity contribution in [3.8, 4) is 0 Å². The molecule has 4 saturated carbocycles. The summed E-state index contributed by atoms with van der Waals surface area (Å²) in [6.07, 6.45) is 7.60. The third-order valence-corrected chi connectivity index (χ3v) is 7.21. The highest BCUT2D eigenvalue weighted by Crippen LogP contribution is 2.59. The SMILES string of the molecule is O=c1c(Cl)c(Cl)sn1C12CC3CC(CC(C3)C1)C2. The van der Waals surface area contributed by atoms with E-state index in [0.717, 1.165) is 37.0 Å². The molecule has 0 unspecified atom stereocenters. The summed E-state index contributed by atoms with van der Waals surface area (Å²) in [4.78, 5) is 12.3. The normalized spacial score (nSPS) is 41.6. The predicted molar refractivity (Wildman–Crippen MR) is 74.7 cm³/mol. The van der Waals surface area contributed by atoms with E-state index in [0.29, 0.717) is 4.34 Å². The quantitative estimate of drug-likeness (QED) is 0.764. The summed E-state index contributed by atoms with van der Waals surface area (Å²) in [5.74, 6) is 2.47. The van der Waals surface area contributed by atoms with Gasteiger partial charge in [-0.15, -0.1) is 0 Å². The van der Waals surface area contributed by atoms with Gasteiger partial charge in [-0.2, -0.15) is 0 Å². The standard InChI is InChI=1S/C13H15Cl2NOS/c14-10-11(15)18-16(12(10)17)13-4-7-1-8(5-13)3-9(2-7)6-13/h7-9H,1-6H2.